The summed E-state index contributed by atoms with van der Waals surface area (Å²) in [5.74, 6) is 0.955. The zero-order valence-corrected chi connectivity index (χ0v) is 9.20. The van der Waals surface area contributed by atoms with Gasteiger partial charge < -0.3 is 4.90 Å². The van der Waals surface area contributed by atoms with E-state index >= 15 is 0 Å². The largest absolute Gasteiger partial charge is 0.354 e. The highest BCUT2D eigenvalue weighted by Crippen LogP contribution is 2.24. The molecule has 1 unspecified atom stereocenters. The van der Waals surface area contributed by atoms with E-state index in [1.54, 1.807) is 0 Å². The Morgan fingerprint density at radius 3 is 2.93 bits per heavy atom. The van der Waals surface area contributed by atoms with Crippen LogP contribution in [-0.2, 0) is 0 Å². The van der Waals surface area contributed by atoms with Gasteiger partial charge in [-0.3, -0.25) is 0 Å². The molecule has 1 aromatic heterocycles. The monoisotopic (exact) mass is 201 g/mol. The highest BCUT2D eigenvalue weighted by atomic mass is 15.2. The van der Waals surface area contributed by atoms with Gasteiger partial charge in [0.25, 0.3) is 0 Å². The SMILES string of the molecule is Cc1cc(C#N)cc(N2CCCC2C)n1. The van der Waals surface area contributed by atoms with Crippen LogP contribution >= 0.6 is 0 Å². The lowest BCUT2D eigenvalue weighted by Crippen LogP contribution is -2.27. The zero-order valence-electron chi connectivity index (χ0n) is 9.20. The molecule has 0 aliphatic carbocycles. The van der Waals surface area contributed by atoms with E-state index in [-0.39, 0.29) is 0 Å². The van der Waals surface area contributed by atoms with Gasteiger partial charge >= 0.3 is 0 Å². The molecule has 0 N–H and O–H groups in total. The van der Waals surface area contributed by atoms with Gasteiger partial charge in [-0.1, -0.05) is 0 Å². The Hall–Kier alpha value is -1.56. The average molecular weight is 201 g/mol. The second-order valence-corrected chi connectivity index (χ2v) is 4.15. The Morgan fingerprint density at radius 2 is 2.33 bits per heavy atom. The summed E-state index contributed by atoms with van der Waals surface area (Å²) < 4.78 is 0. The molecule has 78 valence electrons. The summed E-state index contributed by atoms with van der Waals surface area (Å²) in [5, 5.41) is 8.90. The maximum absolute atomic E-state index is 8.90. The number of anilines is 1. The second kappa shape index (κ2) is 3.90. The fourth-order valence-electron chi connectivity index (χ4n) is 2.14. The van der Waals surface area contributed by atoms with E-state index in [1.165, 1.54) is 12.8 Å². The van der Waals surface area contributed by atoms with Crippen LogP contribution in [0.5, 0.6) is 0 Å². The van der Waals surface area contributed by atoms with Crippen LogP contribution in [-0.4, -0.2) is 17.6 Å². The Balaban J connectivity index is 2.36. The van der Waals surface area contributed by atoms with Gasteiger partial charge in [-0.05, 0) is 38.8 Å². The molecule has 2 rings (SSSR count). The summed E-state index contributed by atoms with van der Waals surface area (Å²) in [7, 11) is 0. The molecule has 0 bridgehead atoms. The van der Waals surface area contributed by atoms with Crippen LogP contribution in [0.2, 0.25) is 0 Å². The number of nitrogens with zero attached hydrogens (tertiary/aromatic N) is 3. The van der Waals surface area contributed by atoms with E-state index in [4.69, 9.17) is 5.26 Å². The van der Waals surface area contributed by atoms with Crippen LogP contribution in [0.15, 0.2) is 12.1 Å². The quantitative estimate of drug-likeness (QED) is 0.699. The molecule has 3 nitrogen and oxygen atoms in total. The van der Waals surface area contributed by atoms with Crippen LogP contribution in [0.25, 0.3) is 0 Å². The highest BCUT2D eigenvalue weighted by Gasteiger charge is 2.21. The van der Waals surface area contributed by atoms with Crippen LogP contribution in [0.3, 0.4) is 0 Å². The normalized spacial score (nSPS) is 20.3. The third-order valence-electron chi connectivity index (χ3n) is 2.92. The molecule has 0 spiro atoms. The first-order chi connectivity index (χ1) is 7.20. The Bertz CT molecular complexity index is 406. The number of pyridine rings is 1. The number of aryl methyl sites for hydroxylation is 1. The maximum atomic E-state index is 8.90. The Labute approximate surface area is 90.4 Å². The number of aromatic nitrogens is 1. The predicted octanol–water partition coefficient (Wildman–Crippen LogP) is 2.25. The number of nitriles is 1. The van der Waals surface area contributed by atoms with Gasteiger partial charge in [0, 0.05) is 18.3 Å². The van der Waals surface area contributed by atoms with Gasteiger partial charge in [0.15, 0.2) is 0 Å². The Morgan fingerprint density at radius 1 is 1.53 bits per heavy atom. The molecule has 0 aromatic carbocycles. The number of hydrogen-bond acceptors (Lipinski definition) is 3. The standard InChI is InChI=1S/C12H15N3/c1-9-6-11(8-13)7-12(14-9)15-5-3-4-10(15)2/h6-7,10H,3-5H2,1-2H3. The van der Waals surface area contributed by atoms with Crippen molar-refractivity contribution < 1.29 is 0 Å². The summed E-state index contributed by atoms with van der Waals surface area (Å²) in [6.45, 7) is 5.20. The van der Waals surface area contributed by atoms with E-state index in [1.807, 2.05) is 19.1 Å². The Kier molecular flexibility index (Phi) is 2.59. The average Bonchev–Trinajstić information content (AvgIpc) is 2.63. The first kappa shape index (κ1) is 9.97. The van der Waals surface area contributed by atoms with Crippen molar-refractivity contribution in [1.82, 2.24) is 4.98 Å². The summed E-state index contributed by atoms with van der Waals surface area (Å²) in [6, 6.07) is 6.43. The molecule has 0 saturated carbocycles. The van der Waals surface area contributed by atoms with Gasteiger partial charge in [-0.15, -0.1) is 0 Å². The van der Waals surface area contributed by atoms with Crippen LogP contribution < -0.4 is 4.90 Å². The van der Waals surface area contributed by atoms with E-state index in [2.05, 4.69) is 22.9 Å². The minimum absolute atomic E-state index is 0.547. The van der Waals surface area contributed by atoms with Crippen molar-refractivity contribution in [2.45, 2.75) is 32.7 Å². The molecule has 0 radical (unpaired) electrons. The second-order valence-electron chi connectivity index (χ2n) is 4.15. The minimum atomic E-state index is 0.547. The third-order valence-corrected chi connectivity index (χ3v) is 2.92. The smallest absolute Gasteiger partial charge is 0.130 e. The summed E-state index contributed by atoms with van der Waals surface area (Å²) in [4.78, 5) is 6.77. The third kappa shape index (κ3) is 1.94. The molecule has 1 aromatic rings. The predicted molar refractivity (Wildman–Crippen MR) is 59.7 cm³/mol. The molecular weight excluding hydrogens is 186 g/mol. The zero-order chi connectivity index (χ0) is 10.8. The maximum Gasteiger partial charge on any atom is 0.130 e. The molecule has 1 saturated heterocycles. The minimum Gasteiger partial charge on any atom is -0.354 e. The van der Waals surface area contributed by atoms with Gasteiger partial charge in [0.1, 0.15) is 5.82 Å². The molecule has 2 heterocycles. The summed E-state index contributed by atoms with van der Waals surface area (Å²) in [6.07, 6.45) is 2.44. The number of rotatable bonds is 1. The van der Waals surface area contributed by atoms with E-state index in [9.17, 15) is 0 Å². The highest BCUT2D eigenvalue weighted by molar-refractivity contribution is 5.47. The van der Waals surface area contributed by atoms with Crippen LogP contribution in [0.1, 0.15) is 31.0 Å². The molecule has 1 fully saturated rings. The van der Waals surface area contributed by atoms with Crippen molar-refractivity contribution in [3.8, 4) is 6.07 Å². The van der Waals surface area contributed by atoms with Crippen molar-refractivity contribution in [3.05, 3.63) is 23.4 Å². The lowest BCUT2D eigenvalue weighted by molar-refractivity contribution is 0.726. The molecule has 0 amide bonds. The molecule has 1 aliphatic heterocycles. The fraction of sp³-hybridized carbons (Fsp3) is 0.500. The van der Waals surface area contributed by atoms with Crippen molar-refractivity contribution in [2.75, 3.05) is 11.4 Å². The van der Waals surface area contributed by atoms with Gasteiger partial charge in [-0.2, -0.15) is 5.26 Å². The molecule has 1 atom stereocenters. The van der Waals surface area contributed by atoms with Crippen molar-refractivity contribution in [2.24, 2.45) is 0 Å². The fourth-order valence-corrected chi connectivity index (χ4v) is 2.14. The lowest BCUT2D eigenvalue weighted by atomic mass is 10.2. The summed E-state index contributed by atoms with van der Waals surface area (Å²) in [5.41, 5.74) is 1.62. The summed E-state index contributed by atoms with van der Waals surface area (Å²) >= 11 is 0. The first-order valence-corrected chi connectivity index (χ1v) is 5.36. The molecular formula is C12H15N3. The topological polar surface area (TPSA) is 39.9 Å². The molecule has 1 aliphatic rings. The van der Waals surface area contributed by atoms with Gasteiger partial charge in [-0.25, -0.2) is 4.98 Å². The van der Waals surface area contributed by atoms with Crippen LogP contribution in [0, 0.1) is 18.3 Å². The number of hydrogen-bond donors (Lipinski definition) is 0. The van der Waals surface area contributed by atoms with Crippen molar-refractivity contribution in [3.63, 3.8) is 0 Å². The molecule has 3 heteroatoms. The van der Waals surface area contributed by atoms with E-state index in [0.717, 1.165) is 18.1 Å². The molecule has 15 heavy (non-hydrogen) atoms. The van der Waals surface area contributed by atoms with E-state index in [0.29, 0.717) is 11.6 Å². The van der Waals surface area contributed by atoms with Gasteiger partial charge in [0.2, 0.25) is 0 Å². The van der Waals surface area contributed by atoms with Gasteiger partial charge in [0.05, 0.1) is 11.6 Å². The lowest BCUT2D eigenvalue weighted by Gasteiger charge is -2.22. The van der Waals surface area contributed by atoms with Crippen molar-refractivity contribution >= 4 is 5.82 Å². The first-order valence-electron chi connectivity index (χ1n) is 5.36. The van der Waals surface area contributed by atoms with Crippen molar-refractivity contribution in [1.29, 1.82) is 5.26 Å². The van der Waals surface area contributed by atoms with E-state index < -0.39 is 0 Å². The van der Waals surface area contributed by atoms with Crippen LogP contribution in [0.4, 0.5) is 5.82 Å².